The van der Waals surface area contributed by atoms with Gasteiger partial charge in [-0.15, -0.1) is 0 Å². The summed E-state index contributed by atoms with van der Waals surface area (Å²) in [5, 5.41) is 8.92. The Kier molecular flexibility index (Phi) is 7.15. The number of carbonyl (C=O) groups is 2. The van der Waals surface area contributed by atoms with Crippen LogP contribution in [0, 0.1) is 0 Å². The Morgan fingerprint density at radius 1 is 1.06 bits per heavy atom. The third-order valence-electron chi connectivity index (χ3n) is 1.72. The van der Waals surface area contributed by atoms with Gasteiger partial charge in [-0.1, -0.05) is 0 Å². The van der Waals surface area contributed by atoms with Gasteiger partial charge in [0.25, 0.3) is 0 Å². The molecule has 0 amide bonds. The summed E-state index contributed by atoms with van der Waals surface area (Å²) in [4.78, 5) is 22.4. The number of carboxylic acids is 1. The highest BCUT2D eigenvalue weighted by Crippen LogP contribution is 2.09. The Labute approximate surface area is 93.8 Å². The van der Waals surface area contributed by atoms with Gasteiger partial charge >= 0.3 is 11.9 Å². The predicted octanol–water partition coefficient (Wildman–Crippen LogP) is 0.223. The molecule has 0 aromatic carbocycles. The highest BCUT2D eigenvalue weighted by atomic mass is 16.5. The van der Waals surface area contributed by atoms with Crippen LogP contribution in [0.2, 0.25) is 0 Å². The molecule has 6 nitrogen and oxygen atoms in total. The number of carbonyl (C=O) groups excluding carboxylic acids is 1. The van der Waals surface area contributed by atoms with Crippen molar-refractivity contribution in [3.05, 3.63) is 11.1 Å². The molecule has 16 heavy (non-hydrogen) atoms. The van der Waals surface area contributed by atoms with E-state index in [2.05, 4.69) is 0 Å². The molecule has 0 aliphatic heterocycles. The predicted molar refractivity (Wildman–Crippen MR) is 55.0 cm³/mol. The van der Waals surface area contributed by atoms with E-state index in [4.69, 9.17) is 19.3 Å². The average Bonchev–Trinajstić information content (AvgIpc) is 2.23. The van der Waals surface area contributed by atoms with E-state index >= 15 is 0 Å². The molecule has 0 saturated carbocycles. The second kappa shape index (κ2) is 7.84. The number of esters is 1. The maximum atomic E-state index is 11.5. The summed E-state index contributed by atoms with van der Waals surface area (Å²) in [5.74, 6) is -1.92. The molecule has 0 atom stereocenters. The van der Waals surface area contributed by atoms with Crippen molar-refractivity contribution in [1.29, 1.82) is 0 Å². The Morgan fingerprint density at radius 2 is 1.56 bits per heavy atom. The minimum Gasteiger partial charge on any atom is -0.478 e. The lowest BCUT2D eigenvalue weighted by atomic mass is 10.1. The monoisotopic (exact) mass is 232 g/mol. The number of rotatable bonds is 7. The molecule has 0 spiro atoms. The van der Waals surface area contributed by atoms with Crippen LogP contribution in [0.15, 0.2) is 11.1 Å². The average molecular weight is 232 g/mol. The van der Waals surface area contributed by atoms with E-state index in [1.807, 2.05) is 0 Å². The van der Waals surface area contributed by atoms with E-state index in [9.17, 15) is 9.59 Å². The summed E-state index contributed by atoms with van der Waals surface area (Å²) in [5.41, 5.74) is -0.179. The SMILES string of the molecule is CCOC(=O)/C(COC)=C(/COC)C(=O)O. The van der Waals surface area contributed by atoms with E-state index in [1.54, 1.807) is 6.92 Å². The molecule has 0 bridgehead atoms. The quantitative estimate of drug-likeness (QED) is 0.499. The van der Waals surface area contributed by atoms with Crippen LogP contribution in [0.3, 0.4) is 0 Å². The van der Waals surface area contributed by atoms with Crippen molar-refractivity contribution in [2.75, 3.05) is 34.0 Å². The minimum atomic E-state index is -1.22. The van der Waals surface area contributed by atoms with Crippen LogP contribution in [0.1, 0.15) is 6.92 Å². The Morgan fingerprint density at radius 3 is 1.94 bits per heavy atom. The fourth-order valence-electron chi connectivity index (χ4n) is 1.05. The maximum Gasteiger partial charge on any atom is 0.337 e. The molecule has 0 aliphatic carbocycles. The normalized spacial score (nSPS) is 11.9. The molecule has 0 aromatic heterocycles. The molecule has 0 rings (SSSR count). The largest absolute Gasteiger partial charge is 0.478 e. The molecule has 6 heteroatoms. The maximum absolute atomic E-state index is 11.5. The van der Waals surface area contributed by atoms with Crippen molar-refractivity contribution in [2.24, 2.45) is 0 Å². The summed E-state index contributed by atoms with van der Waals surface area (Å²) in [6, 6.07) is 0. The summed E-state index contributed by atoms with van der Waals surface area (Å²) in [6.45, 7) is 1.52. The van der Waals surface area contributed by atoms with Crippen molar-refractivity contribution in [3.8, 4) is 0 Å². The minimum absolute atomic E-state index is 0.0290. The first-order valence-electron chi connectivity index (χ1n) is 4.68. The first-order valence-corrected chi connectivity index (χ1v) is 4.68. The molecule has 0 unspecified atom stereocenters. The summed E-state index contributed by atoms with van der Waals surface area (Å²) in [7, 11) is 2.71. The van der Waals surface area contributed by atoms with Crippen molar-refractivity contribution in [2.45, 2.75) is 6.92 Å². The van der Waals surface area contributed by atoms with Gasteiger partial charge in [-0.3, -0.25) is 0 Å². The van der Waals surface area contributed by atoms with Gasteiger partial charge in [0, 0.05) is 14.2 Å². The van der Waals surface area contributed by atoms with Crippen LogP contribution in [-0.4, -0.2) is 51.1 Å². The number of carboxylic acid groups (broad SMARTS) is 1. The number of methoxy groups -OCH3 is 2. The zero-order valence-electron chi connectivity index (χ0n) is 9.61. The summed E-state index contributed by atoms with van der Waals surface area (Å²) < 4.78 is 14.2. The van der Waals surface area contributed by atoms with E-state index in [1.165, 1.54) is 14.2 Å². The van der Waals surface area contributed by atoms with E-state index < -0.39 is 11.9 Å². The van der Waals surface area contributed by atoms with Crippen molar-refractivity contribution in [1.82, 2.24) is 0 Å². The molecule has 0 radical (unpaired) electrons. The molecule has 1 N–H and O–H groups in total. The number of ether oxygens (including phenoxy) is 3. The second-order valence-corrected chi connectivity index (χ2v) is 2.85. The van der Waals surface area contributed by atoms with Gasteiger partial charge in [-0.05, 0) is 6.92 Å². The van der Waals surface area contributed by atoms with Crippen LogP contribution >= 0.6 is 0 Å². The Hall–Kier alpha value is -1.40. The molecular weight excluding hydrogens is 216 g/mol. The highest BCUT2D eigenvalue weighted by molar-refractivity contribution is 6.00. The van der Waals surface area contributed by atoms with Crippen LogP contribution < -0.4 is 0 Å². The van der Waals surface area contributed by atoms with Gasteiger partial charge in [0.2, 0.25) is 0 Å². The number of aliphatic carboxylic acids is 1. The lowest BCUT2D eigenvalue weighted by molar-refractivity contribution is -0.140. The highest BCUT2D eigenvalue weighted by Gasteiger charge is 2.21. The molecule has 0 aromatic rings. The van der Waals surface area contributed by atoms with Gasteiger partial charge in [0.05, 0.1) is 31.0 Å². The Bertz CT molecular complexity index is 281. The fourth-order valence-corrected chi connectivity index (χ4v) is 1.05. The smallest absolute Gasteiger partial charge is 0.337 e. The summed E-state index contributed by atoms with van der Waals surface area (Å²) in [6.07, 6.45) is 0. The standard InChI is InChI=1S/C10H16O6/c1-4-16-10(13)8(6-15-3)7(5-14-2)9(11)12/h4-6H2,1-3H3,(H,11,12)/b8-7-. The van der Waals surface area contributed by atoms with Gasteiger partial charge < -0.3 is 19.3 Å². The van der Waals surface area contributed by atoms with Gasteiger partial charge in [0.1, 0.15) is 0 Å². The zero-order chi connectivity index (χ0) is 12.6. The first-order chi connectivity index (χ1) is 7.58. The fraction of sp³-hybridized carbons (Fsp3) is 0.600. The molecule has 0 saturated heterocycles. The second-order valence-electron chi connectivity index (χ2n) is 2.85. The van der Waals surface area contributed by atoms with E-state index in [0.29, 0.717) is 0 Å². The third kappa shape index (κ3) is 4.41. The van der Waals surface area contributed by atoms with E-state index in [-0.39, 0.29) is 31.0 Å². The van der Waals surface area contributed by atoms with E-state index in [0.717, 1.165) is 0 Å². The topological polar surface area (TPSA) is 82.1 Å². The molecule has 0 heterocycles. The van der Waals surface area contributed by atoms with Crippen molar-refractivity contribution >= 4 is 11.9 Å². The molecular formula is C10H16O6. The van der Waals surface area contributed by atoms with Crippen LogP contribution in [-0.2, 0) is 23.8 Å². The zero-order valence-corrected chi connectivity index (χ0v) is 9.61. The third-order valence-corrected chi connectivity index (χ3v) is 1.72. The van der Waals surface area contributed by atoms with Gasteiger partial charge in [0.15, 0.2) is 0 Å². The first kappa shape index (κ1) is 14.6. The van der Waals surface area contributed by atoms with Crippen LogP contribution in [0.5, 0.6) is 0 Å². The lowest BCUT2D eigenvalue weighted by Crippen LogP contribution is -2.20. The molecule has 0 aliphatic rings. The Balaban J connectivity index is 5.12. The number of hydrogen-bond donors (Lipinski definition) is 1. The lowest BCUT2D eigenvalue weighted by Gasteiger charge is -2.10. The summed E-state index contributed by atoms with van der Waals surface area (Å²) >= 11 is 0. The van der Waals surface area contributed by atoms with Gasteiger partial charge in [-0.2, -0.15) is 0 Å². The van der Waals surface area contributed by atoms with Gasteiger partial charge in [-0.25, -0.2) is 9.59 Å². The van der Waals surface area contributed by atoms with Crippen LogP contribution in [0.25, 0.3) is 0 Å². The molecule has 92 valence electrons. The van der Waals surface area contributed by atoms with Crippen molar-refractivity contribution in [3.63, 3.8) is 0 Å². The molecule has 0 fully saturated rings. The van der Waals surface area contributed by atoms with Crippen LogP contribution in [0.4, 0.5) is 0 Å². The number of hydrogen-bond acceptors (Lipinski definition) is 5. The van der Waals surface area contributed by atoms with Crippen molar-refractivity contribution < 1.29 is 28.9 Å².